The monoisotopic (exact) mass is 532 g/mol. The van der Waals surface area contributed by atoms with E-state index in [0.29, 0.717) is 11.5 Å². The maximum atomic E-state index is 5.67. The van der Waals surface area contributed by atoms with Gasteiger partial charge in [-0.2, -0.15) is 0 Å². The predicted molar refractivity (Wildman–Crippen MR) is 165 cm³/mol. The lowest BCUT2D eigenvalue weighted by molar-refractivity contribution is 0.453. The van der Waals surface area contributed by atoms with Gasteiger partial charge in [0.15, 0.2) is 0 Å². The van der Waals surface area contributed by atoms with Gasteiger partial charge in [-0.05, 0) is 69.5 Å². The van der Waals surface area contributed by atoms with Gasteiger partial charge in [-0.15, -0.1) is 0 Å². The van der Waals surface area contributed by atoms with Crippen LogP contribution in [0.2, 0.25) is 0 Å². The molecule has 0 atom stereocenters. The molecule has 2 aliphatic heterocycles. The minimum atomic E-state index is -0.379. The highest BCUT2D eigenvalue weighted by Gasteiger charge is 2.44. The van der Waals surface area contributed by atoms with Crippen LogP contribution < -0.4 is 0 Å². The molecule has 196 valence electrons. The molecule has 0 bridgehead atoms. The molecule has 0 saturated carbocycles. The molecule has 1 aliphatic carbocycles. The molecule has 0 unspecified atom stereocenters. The standard InChI is InChI=1S/C35H26B2O4/c1-3-23-5-9-25(10-6-23)19-35(20-26-11-7-24(4-2)8-12-26)31-17-27(33-21-38-36-40-33)13-15-29(31)30-16-14-28(18-32(30)35)34-22-39-37-41-34/h3-18,21-22H,1-2,19-20H2. The number of hydrogen-bond acceptors (Lipinski definition) is 4. The van der Waals surface area contributed by atoms with Crippen LogP contribution in [0.25, 0.3) is 34.8 Å². The van der Waals surface area contributed by atoms with E-state index in [1.165, 1.54) is 48.8 Å². The Hall–Kier alpha value is -4.83. The molecular weight excluding hydrogens is 506 g/mol. The van der Waals surface area contributed by atoms with Gasteiger partial charge in [-0.25, -0.2) is 0 Å². The van der Waals surface area contributed by atoms with E-state index in [4.69, 9.17) is 18.6 Å². The third-order valence-corrected chi connectivity index (χ3v) is 8.18. The Morgan fingerprint density at radius 2 is 1.02 bits per heavy atom. The highest BCUT2D eigenvalue weighted by Crippen LogP contribution is 2.53. The van der Waals surface area contributed by atoms with Gasteiger partial charge in [0.25, 0.3) is 0 Å². The summed E-state index contributed by atoms with van der Waals surface area (Å²) in [5, 5.41) is 0. The first-order valence-electron chi connectivity index (χ1n) is 13.6. The van der Waals surface area contributed by atoms with Crippen LogP contribution in [0.4, 0.5) is 0 Å². The van der Waals surface area contributed by atoms with Gasteiger partial charge in [0.05, 0.1) is 0 Å². The SMILES string of the molecule is C=Cc1ccc(CC2(Cc3ccc(C=C)cc3)c3cc(C4=CO[B]O4)ccc3-c3ccc(C4=CO[B]O4)cc32)cc1. The summed E-state index contributed by atoms with van der Waals surface area (Å²) in [5.41, 5.74) is 11.2. The van der Waals surface area contributed by atoms with Crippen molar-refractivity contribution in [2.75, 3.05) is 0 Å². The Balaban J connectivity index is 1.45. The Morgan fingerprint density at radius 3 is 1.39 bits per heavy atom. The maximum Gasteiger partial charge on any atom is 0.657 e. The van der Waals surface area contributed by atoms with Crippen LogP contribution in [0, 0.1) is 0 Å². The maximum absolute atomic E-state index is 5.67. The Labute approximate surface area is 241 Å². The normalized spacial score (nSPS) is 15.4. The summed E-state index contributed by atoms with van der Waals surface area (Å²) in [6.45, 7) is 7.87. The number of hydrogen-bond donors (Lipinski definition) is 0. The fourth-order valence-corrected chi connectivity index (χ4v) is 6.15. The first-order chi connectivity index (χ1) is 20.2. The summed E-state index contributed by atoms with van der Waals surface area (Å²) < 4.78 is 21.9. The smallest absolute Gasteiger partial charge is 0.529 e. The van der Waals surface area contributed by atoms with Crippen LogP contribution in [-0.4, -0.2) is 15.4 Å². The number of rotatable bonds is 8. The minimum absolute atomic E-state index is 0.379. The van der Waals surface area contributed by atoms with E-state index in [0.717, 1.165) is 35.1 Å². The van der Waals surface area contributed by atoms with Crippen LogP contribution in [0.3, 0.4) is 0 Å². The van der Waals surface area contributed by atoms with Crippen molar-refractivity contribution < 1.29 is 18.6 Å². The average molecular weight is 532 g/mol. The summed E-state index contributed by atoms with van der Waals surface area (Å²) in [4.78, 5) is 0. The lowest BCUT2D eigenvalue weighted by Crippen LogP contribution is -2.31. The molecule has 3 aliphatic rings. The van der Waals surface area contributed by atoms with Crippen LogP contribution in [0.5, 0.6) is 0 Å². The molecule has 0 amide bonds. The molecule has 4 aromatic carbocycles. The minimum Gasteiger partial charge on any atom is -0.529 e. The number of fused-ring (bicyclic) bond motifs is 3. The van der Waals surface area contributed by atoms with Crippen molar-refractivity contribution in [3.8, 4) is 11.1 Å². The second-order valence-electron chi connectivity index (χ2n) is 10.5. The first-order valence-corrected chi connectivity index (χ1v) is 13.6. The molecule has 41 heavy (non-hydrogen) atoms. The summed E-state index contributed by atoms with van der Waals surface area (Å²) in [6.07, 6.45) is 8.64. The molecule has 0 saturated heterocycles. The van der Waals surface area contributed by atoms with Crippen molar-refractivity contribution in [2.45, 2.75) is 18.3 Å². The summed E-state index contributed by atoms with van der Waals surface area (Å²) >= 11 is 0. The first kappa shape index (κ1) is 25.2. The molecule has 0 aromatic heterocycles. The highest BCUT2D eigenvalue weighted by atomic mass is 16.6. The zero-order valence-corrected chi connectivity index (χ0v) is 22.5. The summed E-state index contributed by atoms with van der Waals surface area (Å²) in [7, 11) is 2.71. The van der Waals surface area contributed by atoms with Gasteiger partial charge in [-0.3, -0.25) is 0 Å². The molecule has 0 fully saturated rings. The third-order valence-electron chi connectivity index (χ3n) is 8.18. The molecule has 7 rings (SSSR count). The largest absolute Gasteiger partial charge is 0.657 e. The summed E-state index contributed by atoms with van der Waals surface area (Å²) in [6, 6.07) is 30.5. The van der Waals surface area contributed by atoms with Crippen LogP contribution in [0.1, 0.15) is 44.5 Å². The van der Waals surface area contributed by atoms with E-state index in [-0.39, 0.29) is 5.41 Å². The molecule has 0 spiro atoms. The molecule has 6 heteroatoms. The van der Waals surface area contributed by atoms with Crippen molar-refractivity contribution in [3.63, 3.8) is 0 Å². The van der Waals surface area contributed by atoms with Crippen LogP contribution in [0.15, 0.2) is 111 Å². The fourth-order valence-electron chi connectivity index (χ4n) is 6.15. The van der Waals surface area contributed by atoms with Crippen LogP contribution in [-0.2, 0) is 36.9 Å². The van der Waals surface area contributed by atoms with E-state index >= 15 is 0 Å². The van der Waals surface area contributed by atoms with E-state index in [1.807, 2.05) is 12.2 Å². The molecule has 0 N–H and O–H groups in total. The lowest BCUT2D eigenvalue weighted by atomic mass is 9.69. The van der Waals surface area contributed by atoms with Crippen molar-refractivity contribution in [1.82, 2.24) is 0 Å². The van der Waals surface area contributed by atoms with E-state index in [2.05, 4.69) is 98.1 Å². The van der Waals surface area contributed by atoms with Crippen molar-refractivity contribution in [1.29, 1.82) is 0 Å². The van der Waals surface area contributed by atoms with Gasteiger partial charge in [0, 0.05) is 16.5 Å². The van der Waals surface area contributed by atoms with Gasteiger partial charge >= 0.3 is 15.4 Å². The zero-order chi connectivity index (χ0) is 27.8. The van der Waals surface area contributed by atoms with Crippen LogP contribution >= 0.6 is 0 Å². The highest BCUT2D eigenvalue weighted by molar-refractivity contribution is 6.22. The van der Waals surface area contributed by atoms with E-state index in [1.54, 1.807) is 12.5 Å². The average Bonchev–Trinajstić information content (AvgIpc) is 3.80. The second kappa shape index (κ2) is 10.3. The second-order valence-corrected chi connectivity index (χ2v) is 10.5. The fraction of sp³-hybridized carbons (Fsp3) is 0.0857. The quantitative estimate of drug-likeness (QED) is 0.221. The van der Waals surface area contributed by atoms with Gasteiger partial charge < -0.3 is 18.6 Å². The molecule has 2 radical (unpaired) electrons. The van der Waals surface area contributed by atoms with Gasteiger partial charge in [0.1, 0.15) is 24.0 Å². The van der Waals surface area contributed by atoms with Crippen molar-refractivity contribution in [2.24, 2.45) is 0 Å². The molecule has 4 aromatic rings. The van der Waals surface area contributed by atoms with Crippen molar-refractivity contribution >= 4 is 39.0 Å². The Bertz CT molecular complexity index is 1590. The Kier molecular flexibility index (Phi) is 6.31. The van der Waals surface area contributed by atoms with Gasteiger partial charge in [0.2, 0.25) is 0 Å². The molecule has 2 heterocycles. The molecular formula is C35H26B2O4. The Morgan fingerprint density at radius 1 is 0.585 bits per heavy atom. The molecule has 4 nitrogen and oxygen atoms in total. The van der Waals surface area contributed by atoms with Gasteiger partial charge in [-0.1, -0.05) is 98.1 Å². The summed E-state index contributed by atoms with van der Waals surface area (Å²) in [5.74, 6) is 1.39. The third kappa shape index (κ3) is 4.46. The van der Waals surface area contributed by atoms with E-state index < -0.39 is 0 Å². The van der Waals surface area contributed by atoms with E-state index in [9.17, 15) is 0 Å². The lowest BCUT2D eigenvalue weighted by Gasteiger charge is -2.33. The predicted octanol–water partition coefficient (Wildman–Crippen LogP) is 7.48. The zero-order valence-electron chi connectivity index (χ0n) is 22.5. The van der Waals surface area contributed by atoms with Crippen molar-refractivity contribution in [3.05, 3.63) is 155 Å². The topological polar surface area (TPSA) is 36.9 Å². The number of benzene rings is 4.